The van der Waals surface area contributed by atoms with Crippen molar-refractivity contribution in [3.63, 3.8) is 0 Å². The van der Waals surface area contributed by atoms with Crippen LogP contribution in [0.3, 0.4) is 0 Å². The Morgan fingerprint density at radius 2 is 2.05 bits per heavy atom. The molecule has 0 spiro atoms. The monoisotopic (exact) mass is 299 g/mol. The van der Waals surface area contributed by atoms with Crippen LogP contribution in [0.4, 0.5) is 0 Å². The zero-order valence-electron chi connectivity index (χ0n) is 9.86. The third-order valence-electron chi connectivity index (χ3n) is 2.00. The first kappa shape index (κ1) is 18.0. The molecule has 0 aromatic carbocycles. The number of aliphatic hydroxyl groups is 2. The highest BCUT2D eigenvalue weighted by atomic mass is 31.2. The Morgan fingerprint density at radius 1 is 1.47 bits per heavy atom. The van der Waals surface area contributed by atoms with Crippen LogP contribution >= 0.6 is 7.82 Å². The number of rotatable bonds is 9. The van der Waals surface area contributed by atoms with E-state index < -0.39 is 38.5 Å². The standard InChI is InChI=1S/C7H14N3O8P/c1-17-5(2-9-10-8)7(13)6(12)4(11)3-18-19(14,15)16/h4-5,7,11,13H,2-3H2,1H3,(H2,14,15,16). The van der Waals surface area contributed by atoms with Crippen molar-refractivity contribution in [2.24, 2.45) is 5.11 Å². The van der Waals surface area contributed by atoms with Crippen molar-refractivity contribution in [3.8, 4) is 0 Å². The number of azide groups is 1. The lowest BCUT2D eigenvalue weighted by Gasteiger charge is -2.21. The molecule has 0 radical (unpaired) electrons. The summed E-state index contributed by atoms with van der Waals surface area (Å²) >= 11 is 0. The number of Topliss-reactive ketones (excluding diaryl/α,β-unsaturated/α-hetero) is 1. The molecule has 0 aromatic heterocycles. The van der Waals surface area contributed by atoms with E-state index in [9.17, 15) is 19.6 Å². The van der Waals surface area contributed by atoms with E-state index in [1.165, 1.54) is 0 Å². The third kappa shape index (κ3) is 7.21. The molecule has 0 aromatic rings. The normalized spacial score (nSPS) is 16.3. The average Bonchev–Trinajstić information content (AvgIpc) is 2.34. The molecular weight excluding hydrogens is 285 g/mol. The van der Waals surface area contributed by atoms with Gasteiger partial charge in [-0.1, -0.05) is 5.11 Å². The summed E-state index contributed by atoms with van der Waals surface area (Å²) in [6.45, 7) is -1.34. The highest BCUT2D eigenvalue weighted by Gasteiger charge is 2.31. The van der Waals surface area contributed by atoms with E-state index in [0.717, 1.165) is 7.11 Å². The highest BCUT2D eigenvalue weighted by Crippen LogP contribution is 2.35. The van der Waals surface area contributed by atoms with Gasteiger partial charge in [0, 0.05) is 12.0 Å². The Labute approximate surface area is 107 Å². The van der Waals surface area contributed by atoms with Crippen molar-refractivity contribution in [2.75, 3.05) is 20.3 Å². The lowest BCUT2D eigenvalue weighted by atomic mass is 10.1. The van der Waals surface area contributed by atoms with Crippen molar-refractivity contribution in [3.05, 3.63) is 10.4 Å². The molecule has 0 saturated heterocycles. The van der Waals surface area contributed by atoms with Gasteiger partial charge in [0.05, 0.1) is 19.3 Å². The fourth-order valence-electron chi connectivity index (χ4n) is 1.05. The summed E-state index contributed by atoms with van der Waals surface area (Å²) in [7, 11) is -3.68. The Morgan fingerprint density at radius 3 is 2.47 bits per heavy atom. The maximum atomic E-state index is 11.5. The molecule has 0 fully saturated rings. The van der Waals surface area contributed by atoms with Crippen LogP contribution in [0.1, 0.15) is 0 Å². The summed E-state index contributed by atoms with van der Waals surface area (Å²) in [5.41, 5.74) is 8.09. The number of aliphatic hydroxyl groups excluding tert-OH is 2. The van der Waals surface area contributed by atoms with Crippen LogP contribution in [0.15, 0.2) is 5.11 Å². The van der Waals surface area contributed by atoms with Crippen LogP contribution in [0.5, 0.6) is 0 Å². The number of methoxy groups -OCH3 is 1. The van der Waals surface area contributed by atoms with Gasteiger partial charge in [-0.3, -0.25) is 9.32 Å². The molecule has 0 aliphatic heterocycles. The van der Waals surface area contributed by atoms with Gasteiger partial charge in [-0.25, -0.2) is 4.57 Å². The van der Waals surface area contributed by atoms with Gasteiger partial charge >= 0.3 is 7.82 Å². The molecule has 0 aliphatic carbocycles. The number of hydrogen-bond donors (Lipinski definition) is 4. The minimum atomic E-state index is -4.83. The van der Waals surface area contributed by atoms with Gasteiger partial charge in [-0.05, 0) is 5.53 Å². The highest BCUT2D eigenvalue weighted by molar-refractivity contribution is 7.46. The van der Waals surface area contributed by atoms with Gasteiger partial charge in [0.2, 0.25) is 0 Å². The zero-order valence-corrected chi connectivity index (χ0v) is 10.8. The van der Waals surface area contributed by atoms with Gasteiger partial charge in [0.15, 0.2) is 5.78 Å². The number of ketones is 1. The van der Waals surface area contributed by atoms with Crippen LogP contribution in [-0.2, 0) is 18.6 Å². The molecule has 12 heteroatoms. The summed E-state index contributed by atoms with van der Waals surface area (Å²) in [6, 6.07) is 0. The van der Waals surface area contributed by atoms with Gasteiger partial charge in [0.25, 0.3) is 0 Å². The number of carbonyl (C=O) groups is 1. The average molecular weight is 299 g/mol. The maximum Gasteiger partial charge on any atom is 0.469 e. The fourth-order valence-corrected chi connectivity index (χ4v) is 1.39. The summed E-state index contributed by atoms with van der Waals surface area (Å²) in [5.74, 6) is -1.17. The fraction of sp³-hybridized carbons (Fsp3) is 0.857. The first-order valence-corrected chi connectivity index (χ1v) is 6.39. The number of hydrogen-bond acceptors (Lipinski definition) is 7. The second kappa shape index (κ2) is 8.20. The molecule has 0 rings (SSSR count). The second-order valence-corrected chi connectivity index (χ2v) is 4.58. The van der Waals surface area contributed by atoms with E-state index in [4.69, 9.17) is 15.3 Å². The van der Waals surface area contributed by atoms with Crippen LogP contribution < -0.4 is 0 Å². The molecule has 0 heterocycles. The molecular formula is C7H14N3O8P. The van der Waals surface area contributed by atoms with Gasteiger partial charge in [-0.15, -0.1) is 0 Å². The van der Waals surface area contributed by atoms with Crippen LogP contribution in [0.2, 0.25) is 0 Å². The van der Waals surface area contributed by atoms with Gasteiger partial charge < -0.3 is 24.7 Å². The molecule has 0 amide bonds. The minimum absolute atomic E-state index is 0.355. The van der Waals surface area contributed by atoms with Gasteiger partial charge in [-0.2, -0.15) is 0 Å². The largest absolute Gasteiger partial charge is 0.469 e. The van der Waals surface area contributed by atoms with E-state index in [-0.39, 0.29) is 6.54 Å². The molecule has 0 saturated carbocycles. The van der Waals surface area contributed by atoms with E-state index in [1.54, 1.807) is 0 Å². The molecule has 110 valence electrons. The summed E-state index contributed by atoms with van der Waals surface area (Å²) in [4.78, 5) is 30.7. The predicted octanol–water partition coefficient (Wildman–Crippen LogP) is -1.29. The van der Waals surface area contributed by atoms with E-state index in [2.05, 4.69) is 19.3 Å². The van der Waals surface area contributed by atoms with Crippen molar-refractivity contribution in [2.45, 2.75) is 18.3 Å². The quantitative estimate of drug-likeness (QED) is 0.175. The molecule has 3 unspecified atom stereocenters. The first-order chi connectivity index (χ1) is 8.72. The molecule has 11 nitrogen and oxygen atoms in total. The molecule has 3 atom stereocenters. The molecule has 0 aliphatic rings. The lowest BCUT2D eigenvalue weighted by molar-refractivity contribution is -0.144. The topological polar surface area (TPSA) is 182 Å². The SMILES string of the molecule is COC(CN=[N+]=[N-])C(O)C(=O)C(O)COP(=O)(O)O. The summed E-state index contributed by atoms with van der Waals surface area (Å²) in [5, 5.41) is 21.9. The van der Waals surface area contributed by atoms with Crippen molar-refractivity contribution < 1.29 is 38.6 Å². The van der Waals surface area contributed by atoms with Crippen LogP contribution in [0.25, 0.3) is 10.4 Å². The van der Waals surface area contributed by atoms with Crippen LogP contribution in [0, 0.1) is 0 Å². The lowest BCUT2D eigenvalue weighted by Crippen LogP contribution is -2.44. The van der Waals surface area contributed by atoms with E-state index >= 15 is 0 Å². The third-order valence-corrected chi connectivity index (χ3v) is 2.49. The summed E-state index contributed by atoms with van der Waals surface area (Å²) < 4.78 is 19.0. The maximum absolute atomic E-state index is 11.5. The van der Waals surface area contributed by atoms with E-state index in [1.807, 2.05) is 0 Å². The van der Waals surface area contributed by atoms with Crippen LogP contribution in [-0.4, -0.2) is 64.4 Å². The summed E-state index contributed by atoms with van der Waals surface area (Å²) in [6.07, 6.45) is -4.97. The van der Waals surface area contributed by atoms with Gasteiger partial charge in [0.1, 0.15) is 12.2 Å². The Balaban J connectivity index is 4.51. The molecule has 19 heavy (non-hydrogen) atoms. The van der Waals surface area contributed by atoms with E-state index in [0.29, 0.717) is 0 Å². The number of carbonyl (C=O) groups excluding carboxylic acids is 1. The second-order valence-electron chi connectivity index (χ2n) is 3.34. The molecule has 4 N–H and O–H groups in total. The Kier molecular flexibility index (Phi) is 7.76. The van der Waals surface area contributed by atoms with Crippen molar-refractivity contribution >= 4 is 13.6 Å². The number of phosphoric acid groups is 1. The Hall–Kier alpha value is -1.03. The minimum Gasteiger partial charge on any atom is -0.383 e. The van der Waals surface area contributed by atoms with Crippen molar-refractivity contribution in [1.82, 2.24) is 0 Å². The Bertz CT molecular complexity index is 392. The zero-order chi connectivity index (χ0) is 15.1. The first-order valence-electron chi connectivity index (χ1n) is 4.86. The molecule has 0 bridgehead atoms. The number of ether oxygens (including phenoxy) is 1. The number of phosphoric ester groups is 1. The van der Waals surface area contributed by atoms with Crippen molar-refractivity contribution in [1.29, 1.82) is 0 Å². The number of nitrogens with zero attached hydrogens (tertiary/aromatic N) is 3. The predicted molar refractivity (Wildman–Crippen MR) is 59.8 cm³/mol. The smallest absolute Gasteiger partial charge is 0.383 e.